The zero-order chi connectivity index (χ0) is 24.5. The Labute approximate surface area is 201 Å². The van der Waals surface area contributed by atoms with Crippen LogP contribution in [0.15, 0.2) is 66.9 Å². The van der Waals surface area contributed by atoms with E-state index in [4.69, 9.17) is 4.74 Å². The summed E-state index contributed by atoms with van der Waals surface area (Å²) in [6.45, 7) is 5.54. The first-order valence-electron chi connectivity index (χ1n) is 11.4. The normalized spacial score (nSPS) is 10.7. The molecule has 3 aromatic rings. The molecule has 0 saturated heterocycles. The number of methoxy groups -OCH3 is 1. The van der Waals surface area contributed by atoms with Gasteiger partial charge in [0, 0.05) is 44.8 Å². The van der Waals surface area contributed by atoms with Gasteiger partial charge in [-0.1, -0.05) is 36.4 Å². The molecule has 0 aliphatic carbocycles. The average molecular weight is 463 g/mol. The lowest BCUT2D eigenvalue weighted by Crippen LogP contribution is -2.45. The van der Waals surface area contributed by atoms with Crippen molar-refractivity contribution in [3.63, 3.8) is 0 Å². The highest BCUT2D eigenvalue weighted by atomic mass is 16.5. The first-order valence-corrected chi connectivity index (χ1v) is 11.4. The number of carbonyl (C=O) groups excluding carboxylic acids is 2. The summed E-state index contributed by atoms with van der Waals surface area (Å²) < 4.78 is 7.20. The van der Waals surface area contributed by atoms with Gasteiger partial charge in [-0.15, -0.1) is 0 Å². The molecule has 0 saturated carbocycles. The summed E-state index contributed by atoms with van der Waals surface area (Å²) >= 11 is 0. The minimum absolute atomic E-state index is 0.0444. The van der Waals surface area contributed by atoms with E-state index in [-0.39, 0.29) is 18.5 Å². The lowest BCUT2D eigenvalue weighted by molar-refractivity contribution is -0.133. The second-order valence-corrected chi connectivity index (χ2v) is 8.49. The van der Waals surface area contributed by atoms with Crippen molar-refractivity contribution in [2.75, 3.05) is 32.1 Å². The van der Waals surface area contributed by atoms with Crippen LogP contribution in [0.25, 0.3) is 0 Å². The Kier molecular flexibility index (Phi) is 8.87. The number of benzene rings is 2. The lowest BCUT2D eigenvalue weighted by atomic mass is 10.1. The van der Waals surface area contributed by atoms with Gasteiger partial charge in [-0.25, -0.2) is 4.79 Å². The molecule has 0 fully saturated rings. The van der Waals surface area contributed by atoms with Crippen LogP contribution in [0.2, 0.25) is 0 Å². The van der Waals surface area contributed by atoms with Crippen LogP contribution >= 0.6 is 0 Å². The number of hydrogen-bond donors (Lipinski definition) is 1. The SMILES string of the molecule is COCCN(CC(=O)N(Cc1ccccc1)Cc1cccn1C)C(=O)Nc1ccc(C)c(C)c1. The molecule has 0 atom stereocenters. The van der Waals surface area contributed by atoms with Crippen molar-refractivity contribution in [2.24, 2.45) is 7.05 Å². The third kappa shape index (κ3) is 6.96. The molecule has 34 heavy (non-hydrogen) atoms. The molecular formula is C27H34N4O3. The van der Waals surface area contributed by atoms with Gasteiger partial charge in [0.2, 0.25) is 5.91 Å². The van der Waals surface area contributed by atoms with E-state index in [1.54, 1.807) is 12.0 Å². The number of rotatable bonds is 10. The average Bonchev–Trinajstić information content (AvgIpc) is 3.23. The van der Waals surface area contributed by atoms with E-state index >= 15 is 0 Å². The van der Waals surface area contributed by atoms with Crippen LogP contribution in [0.3, 0.4) is 0 Å². The maximum absolute atomic E-state index is 13.5. The minimum Gasteiger partial charge on any atom is -0.383 e. The molecule has 180 valence electrons. The van der Waals surface area contributed by atoms with Crippen molar-refractivity contribution in [3.05, 3.63) is 89.2 Å². The number of carbonyl (C=O) groups is 2. The molecule has 0 bridgehead atoms. The number of amides is 3. The van der Waals surface area contributed by atoms with Crippen molar-refractivity contribution in [1.82, 2.24) is 14.4 Å². The van der Waals surface area contributed by atoms with Crippen molar-refractivity contribution in [3.8, 4) is 0 Å². The van der Waals surface area contributed by atoms with Crippen LogP contribution < -0.4 is 5.32 Å². The van der Waals surface area contributed by atoms with Gasteiger partial charge in [0.1, 0.15) is 6.54 Å². The third-order valence-electron chi connectivity index (χ3n) is 5.91. The number of nitrogens with zero attached hydrogens (tertiary/aromatic N) is 3. The predicted octanol–water partition coefficient (Wildman–Crippen LogP) is 4.35. The summed E-state index contributed by atoms with van der Waals surface area (Å²) in [5.41, 5.74) is 5.00. The van der Waals surface area contributed by atoms with Gasteiger partial charge in [-0.2, -0.15) is 0 Å². The molecule has 3 rings (SSSR count). The number of nitrogens with one attached hydrogen (secondary N) is 1. The molecule has 0 aliphatic rings. The summed E-state index contributed by atoms with van der Waals surface area (Å²) in [7, 11) is 3.54. The zero-order valence-electron chi connectivity index (χ0n) is 20.5. The van der Waals surface area contributed by atoms with E-state index in [9.17, 15) is 9.59 Å². The van der Waals surface area contributed by atoms with Gasteiger partial charge in [0.15, 0.2) is 0 Å². The molecule has 1 N–H and O–H groups in total. The first-order chi connectivity index (χ1) is 16.4. The summed E-state index contributed by atoms with van der Waals surface area (Å²) in [6, 6.07) is 19.3. The molecule has 7 nitrogen and oxygen atoms in total. The van der Waals surface area contributed by atoms with Gasteiger partial charge < -0.3 is 24.4 Å². The van der Waals surface area contributed by atoms with Gasteiger partial charge in [0.25, 0.3) is 0 Å². The standard InChI is InChI=1S/C27H34N4O3/c1-21-12-13-24(17-22(21)2)28-27(33)30(15-16-34-4)20-26(32)31(18-23-9-6-5-7-10-23)19-25-11-8-14-29(25)3/h5-14,17H,15-16,18-20H2,1-4H3,(H,28,33). The molecule has 1 heterocycles. The molecule has 2 aromatic carbocycles. The largest absolute Gasteiger partial charge is 0.383 e. The number of anilines is 1. The molecule has 0 unspecified atom stereocenters. The van der Waals surface area contributed by atoms with Crippen molar-refractivity contribution in [1.29, 1.82) is 0 Å². The number of urea groups is 1. The highest BCUT2D eigenvalue weighted by Crippen LogP contribution is 2.16. The van der Waals surface area contributed by atoms with Gasteiger partial charge in [-0.05, 0) is 54.8 Å². The molecular weight excluding hydrogens is 428 g/mol. The molecule has 1 aromatic heterocycles. The highest BCUT2D eigenvalue weighted by molar-refractivity contribution is 5.92. The fourth-order valence-electron chi connectivity index (χ4n) is 3.63. The van der Waals surface area contributed by atoms with Crippen molar-refractivity contribution in [2.45, 2.75) is 26.9 Å². The summed E-state index contributed by atoms with van der Waals surface area (Å²) in [4.78, 5) is 29.8. The van der Waals surface area contributed by atoms with E-state index in [0.29, 0.717) is 31.9 Å². The Hall–Kier alpha value is -3.58. The van der Waals surface area contributed by atoms with Gasteiger partial charge in [0.05, 0.1) is 13.2 Å². The summed E-state index contributed by atoms with van der Waals surface area (Å²) in [6.07, 6.45) is 1.96. The number of aromatic nitrogens is 1. The monoisotopic (exact) mass is 462 g/mol. The zero-order valence-corrected chi connectivity index (χ0v) is 20.5. The van der Waals surface area contributed by atoms with Crippen LogP contribution in [0.4, 0.5) is 10.5 Å². The van der Waals surface area contributed by atoms with E-state index in [2.05, 4.69) is 5.32 Å². The molecule has 0 spiro atoms. The second kappa shape index (κ2) is 12.0. The smallest absolute Gasteiger partial charge is 0.322 e. The Morgan fingerprint density at radius 2 is 1.71 bits per heavy atom. The minimum atomic E-state index is -0.327. The summed E-state index contributed by atoms with van der Waals surface area (Å²) in [5.74, 6) is -0.128. The van der Waals surface area contributed by atoms with Crippen molar-refractivity contribution < 1.29 is 14.3 Å². The molecule has 7 heteroatoms. The van der Waals surface area contributed by atoms with E-state index < -0.39 is 0 Å². The molecule has 0 radical (unpaired) electrons. The Morgan fingerprint density at radius 3 is 2.35 bits per heavy atom. The molecule has 0 aliphatic heterocycles. The maximum atomic E-state index is 13.5. The number of aryl methyl sites for hydroxylation is 3. The van der Waals surface area contributed by atoms with E-state index in [1.807, 2.05) is 92.3 Å². The van der Waals surface area contributed by atoms with E-state index in [0.717, 1.165) is 22.4 Å². The van der Waals surface area contributed by atoms with Crippen LogP contribution in [0, 0.1) is 13.8 Å². The van der Waals surface area contributed by atoms with Crippen LogP contribution in [-0.4, -0.2) is 53.1 Å². The topological polar surface area (TPSA) is 66.8 Å². The lowest BCUT2D eigenvalue weighted by Gasteiger charge is -2.28. The fraction of sp³-hybridized carbons (Fsp3) is 0.333. The Balaban J connectivity index is 1.76. The van der Waals surface area contributed by atoms with Crippen molar-refractivity contribution >= 4 is 17.6 Å². The summed E-state index contributed by atoms with van der Waals surface area (Å²) in [5, 5.41) is 2.92. The third-order valence-corrected chi connectivity index (χ3v) is 5.91. The van der Waals surface area contributed by atoms with Crippen LogP contribution in [-0.2, 0) is 29.7 Å². The van der Waals surface area contributed by atoms with E-state index in [1.165, 1.54) is 4.90 Å². The first kappa shape index (κ1) is 25.1. The predicted molar refractivity (Wildman–Crippen MR) is 134 cm³/mol. The quantitative estimate of drug-likeness (QED) is 0.487. The maximum Gasteiger partial charge on any atom is 0.322 e. The Morgan fingerprint density at radius 1 is 0.941 bits per heavy atom. The number of hydrogen-bond acceptors (Lipinski definition) is 3. The molecule has 3 amide bonds. The van der Waals surface area contributed by atoms with Gasteiger partial charge >= 0.3 is 6.03 Å². The van der Waals surface area contributed by atoms with Crippen LogP contribution in [0.1, 0.15) is 22.4 Å². The second-order valence-electron chi connectivity index (χ2n) is 8.49. The highest BCUT2D eigenvalue weighted by Gasteiger charge is 2.22. The number of ether oxygens (including phenoxy) is 1. The Bertz CT molecular complexity index is 1090. The fourth-order valence-corrected chi connectivity index (χ4v) is 3.63. The van der Waals surface area contributed by atoms with Gasteiger partial charge in [-0.3, -0.25) is 4.79 Å². The van der Waals surface area contributed by atoms with Crippen LogP contribution in [0.5, 0.6) is 0 Å².